The van der Waals surface area contributed by atoms with E-state index in [0.29, 0.717) is 11.6 Å². The fourth-order valence-electron chi connectivity index (χ4n) is 2.15. The van der Waals surface area contributed by atoms with E-state index in [4.69, 9.17) is 0 Å². The number of carbonyl (C=O) groups is 1. The van der Waals surface area contributed by atoms with Crippen LogP contribution < -0.4 is 5.32 Å². The number of thioether (sulfide) groups is 1. The van der Waals surface area contributed by atoms with E-state index >= 15 is 0 Å². The van der Waals surface area contributed by atoms with Crippen LogP contribution in [0.1, 0.15) is 22.1 Å². The van der Waals surface area contributed by atoms with Crippen molar-refractivity contribution in [3.05, 3.63) is 29.2 Å². The first-order valence-electron chi connectivity index (χ1n) is 5.60. The Morgan fingerprint density at radius 1 is 1.50 bits per heavy atom. The molecule has 2 aromatic rings. The maximum atomic E-state index is 11.6. The zero-order valence-corrected chi connectivity index (χ0v) is 10.9. The van der Waals surface area contributed by atoms with Crippen molar-refractivity contribution in [2.75, 3.05) is 11.1 Å². The van der Waals surface area contributed by atoms with Crippen LogP contribution in [0.2, 0.25) is 0 Å². The number of nitrogens with one attached hydrogen (secondary N) is 2. The van der Waals surface area contributed by atoms with Gasteiger partial charge in [0.05, 0.1) is 22.9 Å². The van der Waals surface area contributed by atoms with Gasteiger partial charge < -0.3 is 5.32 Å². The molecule has 2 N–H and O–H groups in total. The first-order chi connectivity index (χ1) is 8.65. The standard InChI is InChI=1S/C11H13N5OS/c1-6-8(4-16(2)15-6)10-7-3-12-14-11(7)13-9(17)5-18-10/h3-4,10H,5H2,1-2H3,(H2,12,13,14,17)/t10-/m1/s1. The lowest BCUT2D eigenvalue weighted by Crippen LogP contribution is -2.12. The number of aromatic nitrogens is 4. The summed E-state index contributed by atoms with van der Waals surface area (Å²) in [4.78, 5) is 11.6. The summed E-state index contributed by atoms with van der Waals surface area (Å²) in [5.74, 6) is 1.12. The molecule has 0 saturated carbocycles. The first kappa shape index (κ1) is 11.3. The van der Waals surface area contributed by atoms with Crippen LogP contribution in [0.25, 0.3) is 0 Å². The van der Waals surface area contributed by atoms with Crippen molar-refractivity contribution in [1.82, 2.24) is 20.0 Å². The largest absolute Gasteiger partial charge is 0.310 e. The van der Waals surface area contributed by atoms with E-state index in [9.17, 15) is 4.79 Å². The minimum Gasteiger partial charge on any atom is -0.310 e. The number of hydrogen-bond donors (Lipinski definition) is 2. The summed E-state index contributed by atoms with van der Waals surface area (Å²) in [6.07, 6.45) is 3.77. The zero-order chi connectivity index (χ0) is 12.7. The minimum absolute atomic E-state index is 0.00505. The maximum Gasteiger partial charge on any atom is 0.235 e. The summed E-state index contributed by atoms with van der Waals surface area (Å²) in [7, 11) is 1.90. The molecule has 1 aliphatic rings. The van der Waals surface area contributed by atoms with E-state index in [-0.39, 0.29) is 11.2 Å². The average molecular weight is 263 g/mol. The van der Waals surface area contributed by atoms with Crippen LogP contribution in [0.3, 0.4) is 0 Å². The van der Waals surface area contributed by atoms with Crippen molar-refractivity contribution < 1.29 is 4.79 Å². The second-order valence-corrected chi connectivity index (χ2v) is 5.38. The summed E-state index contributed by atoms with van der Waals surface area (Å²) in [6, 6.07) is 0. The Morgan fingerprint density at radius 2 is 2.33 bits per heavy atom. The highest BCUT2D eigenvalue weighted by atomic mass is 32.2. The van der Waals surface area contributed by atoms with E-state index in [1.54, 1.807) is 22.6 Å². The van der Waals surface area contributed by atoms with Crippen molar-refractivity contribution in [3.63, 3.8) is 0 Å². The molecule has 0 radical (unpaired) electrons. The molecule has 0 unspecified atom stereocenters. The zero-order valence-electron chi connectivity index (χ0n) is 10.1. The summed E-state index contributed by atoms with van der Waals surface area (Å²) in [5, 5.41) is 14.1. The molecule has 3 rings (SSSR count). The van der Waals surface area contributed by atoms with E-state index in [1.165, 1.54) is 0 Å². The van der Waals surface area contributed by atoms with Crippen molar-refractivity contribution in [3.8, 4) is 0 Å². The van der Waals surface area contributed by atoms with E-state index in [2.05, 4.69) is 20.6 Å². The molecule has 1 atom stereocenters. The predicted molar refractivity (Wildman–Crippen MR) is 69.5 cm³/mol. The Kier molecular flexibility index (Phi) is 2.62. The Morgan fingerprint density at radius 3 is 3.06 bits per heavy atom. The van der Waals surface area contributed by atoms with Gasteiger partial charge in [0.15, 0.2) is 0 Å². The number of fused-ring (bicyclic) bond motifs is 1. The molecular formula is C11H13N5OS. The Balaban J connectivity index is 2.08. The highest BCUT2D eigenvalue weighted by Crippen LogP contribution is 2.41. The SMILES string of the molecule is Cc1nn(C)cc1[C@@H]1SCC(=O)Nc2[nH]ncc21. The maximum absolute atomic E-state index is 11.6. The first-order valence-corrected chi connectivity index (χ1v) is 6.65. The fraction of sp³-hybridized carbons (Fsp3) is 0.364. The molecule has 1 amide bonds. The van der Waals surface area contributed by atoms with Crippen molar-refractivity contribution in [1.29, 1.82) is 0 Å². The van der Waals surface area contributed by atoms with Gasteiger partial charge in [-0.1, -0.05) is 0 Å². The summed E-state index contributed by atoms with van der Waals surface area (Å²) in [6.45, 7) is 1.98. The number of hydrogen-bond acceptors (Lipinski definition) is 4. The highest BCUT2D eigenvalue weighted by Gasteiger charge is 2.27. The second-order valence-electron chi connectivity index (χ2n) is 4.28. The summed E-state index contributed by atoms with van der Waals surface area (Å²) >= 11 is 1.59. The van der Waals surface area contributed by atoms with Gasteiger partial charge in [-0.2, -0.15) is 10.2 Å². The molecule has 0 aliphatic carbocycles. The van der Waals surface area contributed by atoms with Crippen LogP contribution >= 0.6 is 11.8 Å². The van der Waals surface area contributed by atoms with E-state index in [1.807, 2.05) is 20.2 Å². The molecular weight excluding hydrogens is 250 g/mol. The van der Waals surface area contributed by atoms with Crippen LogP contribution in [-0.4, -0.2) is 31.6 Å². The number of amides is 1. The third kappa shape index (κ3) is 1.80. The monoisotopic (exact) mass is 263 g/mol. The third-order valence-corrected chi connectivity index (χ3v) is 4.20. The molecule has 3 heterocycles. The number of aryl methyl sites for hydroxylation is 2. The lowest BCUT2D eigenvalue weighted by Gasteiger charge is -2.11. The second kappa shape index (κ2) is 4.16. The normalized spacial score (nSPS) is 19.2. The molecule has 0 saturated heterocycles. The molecule has 0 spiro atoms. The van der Waals surface area contributed by atoms with Crippen LogP contribution in [0.4, 0.5) is 5.82 Å². The molecule has 6 nitrogen and oxygen atoms in total. The van der Waals surface area contributed by atoms with E-state index in [0.717, 1.165) is 16.8 Å². The lowest BCUT2D eigenvalue weighted by atomic mass is 10.1. The van der Waals surface area contributed by atoms with Gasteiger partial charge in [-0.3, -0.25) is 14.6 Å². The molecule has 94 valence electrons. The highest BCUT2D eigenvalue weighted by molar-refractivity contribution is 8.00. The number of rotatable bonds is 1. The van der Waals surface area contributed by atoms with Gasteiger partial charge in [-0.15, -0.1) is 11.8 Å². The molecule has 1 aliphatic heterocycles. The van der Waals surface area contributed by atoms with Crippen LogP contribution in [0.15, 0.2) is 12.4 Å². The van der Waals surface area contributed by atoms with Gasteiger partial charge in [0.2, 0.25) is 5.91 Å². The number of H-pyrrole nitrogens is 1. The Labute approximate surface area is 108 Å². The van der Waals surface area contributed by atoms with Crippen LogP contribution in [0.5, 0.6) is 0 Å². The molecule has 0 aromatic carbocycles. The van der Waals surface area contributed by atoms with Gasteiger partial charge in [-0.05, 0) is 6.92 Å². The average Bonchev–Trinajstić information content (AvgIpc) is 2.84. The Bertz CT molecular complexity index is 602. The van der Waals surface area contributed by atoms with Gasteiger partial charge in [-0.25, -0.2) is 0 Å². The third-order valence-electron chi connectivity index (χ3n) is 2.93. The van der Waals surface area contributed by atoms with Crippen LogP contribution in [-0.2, 0) is 11.8 Å². The molecule has 0 bridgehead atoms. The molecule has 18 heavy (non-hydrogen) atoms. The number of nitrogens with zero attached hydrogens (tertiary/aromatic N) is 3. The number of aromatic amines is 1. The summed E-state index contributed by atoms with van der Waals surface area (Å²) < 4.78 is 1.80. The van der Waals surface area contributed by atoms with Crippen molar-refractivity contribution >= 4 is 23.5 Å². The van der Waals surface area contributed by atoms with Crippen molar-refractivity contribution in [2.24, 2.45) is 7.05 Å². The summed E-state index contributed by atoms with van der Waals surface area (Å²) in [5.41, 5.74) is 3.11. The molecule has 0 fully saturated rings. The van der Waals surface area contributed by atoms with Crippen molar-refractivity contribution in [2.45, 2.75) is 12.2 Å². The minimum atomic E-state index is -0.00505. The van der Waals surface area contributed by atoms with Crippen LogP contribution in [0, 0.1) is 6.92 Å². The van der Waals surface area contributed by atoms with Gasteiger partial charge >= 0.3 is 0 Å². The molecule has 2 aromatic heterocycles. The Hall–Kier alpha value is -1.76. The van der Waals surface area contributed by atoms with Gasteiger partial charge in [0.25, 0.3) is 0 Å². The lowest BCUT2D eigenvalue weighted by molar-refractivity contribution is -0.113. The van der Waals surface area contributed by atoms with Gasteiger partial charge in [0, 0.05) is 24.4 Å². The smallest absolute Gasteiger partial charge is 0.235 e. The van der Waals surface area contributed by atoms with E-state index < -0.39 is 0 Å². The fourth-order valence-corrected chi connectivity index (χ4v) is 3.31. The quantitative estimate of drug-likeness (QED) is 0.811. The predicted octanol–water partition coefficient (Wildman–Crippen LogP) is 1.23. The number of anilines is 1. The topological polar surface area (TPSA) is 75.6 Å². The number of carbonyl (C=O) groups excluding carboxylic acids is 1. The van der Waals surface area contributed by atoms with Gasteiger partial charge in [0.1, 0.15) is 5.82 Å². The molecule has 7 heteroatoms.